The molecular weight excluding hydrogens is 378 g/mol. The summed E-state index contributed by atoms with van der Waals surface area (Å²) in [5, 5.41) is 16.6. The third-order valence-corrected chi connectivity index (χ3v) is 4.18. The van der Waals surface area contributed by atoms with Crippen LogP contribution in [-0.2, 0) is 9.53 Å². The highest BCUT2D eigenvalue weighted by atomic mass is 16.6. The molecule has 9 heteroatoms. The molecule has 0 aliphatic heterocycles. The smallest absolute Gasteiger partial charge is 0.338 e. The molecule has 1 atom stereocenters. The van der Waals surface area contributed by atoms with Gasteiger partial charge in [-0.1, -0.05) is 19.1 Å². The van der Waals surface area contributed by atoms with Crippen molar-refractivity contribution >= 4 is 29.2 Å². The molecule has 2 N–H and O–H groups in total. The monoisotopic (exact) mass is 399 g/mol. The van der Waals surface area contributed by atoms with Gasteiger partial charge in [-0.3, -0.25) is 19.7 Å². The van der Waals surface area contributed by atoms with Crippen LogP contribution in [0.4, 0.5) is 11.4 Å². The summed E-state index contributed by atoms with van der Waals surface area (Å²) in [7, 11) is 1.15. The first-order chi connectivity index (χ1) is 13.7. The molecule has 0 saturated heterocycles. The van der Waals surface area contributed by atoms with Crippen LogP contribution in [0.25, 0.3) is 0 Å². The summed E-state index contributed by atoms with van der Waals surface area (Å²) in [5.74, 6) is -1.46. The number of anilines is 1. The predicted molar refractivity (Wildman–Crippen MR) is 106 cm³/mol. The molecule has 1 unspecified atom stereocenters. The molecule has 0 radical (unpaired) electrons. The van der Waals surface area contributed by atoms with E-state index in [1.165, 1.54) is 6.07 Å². The second kappa shape index (κ2) is 9.45. The molecule has 0 aliphatic rings. The van der Waals surface area contributed by atoms with E-state index in [2.05, 4.69) is 15.4 Å². The maximum atomic E-state index is 12.6. The van der Waals surface area contributed by atoms with Crippen molar-refractivity contribution < 1.29 is 24.0 Å². The van der Waals surface area contributed by atoms with Gasteiger partial charge in [-0.2, -0.15) is 0 Å². The van der Waals surface area contributed by atoms with Crippen molar-refractivity contribution in [3.63, 3.8) is 0 Å². The molecular formula is C20H21N3O6. The average molecular weight is 399 g/mol. The van der Waals surface area contributed by atoms with E-state index in [4.69, 9.17) is 0 Å². The van der Waals surface area contributed by atoms with Gasteiger partial charge in [-0.25, -0.2) is 4.79 Å². The fourth-order valence-corrected chi connectivity index (χ4v) is 2.55. The number of methoxy groups -OCH3 is 1. The van der Waals surface area contributed by atoms with Crippen LogP contribution in [-0.4, -0.2) is 29.8 Å². The Kier molecular flexibility index (Phi) is 7.02. The number of esters is 1. The Balaban J connectivity index is 2.18. The van der Waals surface area contributed by atoms with Gasteiger partial charge in [0.05, 0.1) is 23.6 Å². The van der Waals surface area contributed by atoms with E-state index in [0.717, 1.165) is 24.8 Å². The summed E-state index contributed by atoms with van der Waals surface area (Å²) in [4.78, 5) is 46.2. The van der Waals surface area contributed by atoms with Crippen LogP contribution in [0, 0.1) is 10.1 Å². The van der Waals surface area contributed by atoms with E-state index in [-0.39, 0.29) is 22.7 Å². The summed E-state index contributed by atoms with van der Waals surface area (Å²) in [5.41, 5.74) is 0.905. The fourth-order valence-electron chi connectivity index (χ4n) is 2.55. The number of hydrogen-bond acceptors (Lipinski definition) is 6. The van der Waals surface area contributed by atoms with Crippen LogP contribution in [0.15, 0.2) is 42.5 Å². The first kappa shape index (κ1) is 21.5. The first-order valence-electron chi connectivity index (χ1n) is 8.83. The van der Waals surface area contributed by atoms with Crippen molar-refractivity contribution in [2.75, 3.05) is 12.4 Å². The number of carbonyl (C=O) groups is 3. The largest absolute Gasteiger partial charge is 0.465 e. The maximum absolute atomic E-state index is 12.6. The molecule has 0 fully saturated rings. The molecule has 9 nitrogen and oxygen atoms in total. The molecule has 0 saturated carbocycles. The van der Waals surface area contributed by atoms with Crippen molar-refractivity contribution in [2.24, 2.45) is 0 Å². The number of amides is 2. The highest BCUT2D eigenvalue weighted by molar-refractivity contribution is 5.99. The van der Waals surface area contributed by atoms with Crippen molar-refractivity contribution in [3.05, 3.63) is 69.3 Å². The predicted octanol–water partition coefficient (Wildman–Crippen LogP) is 3.22. The number of non-ortho nitro benzene ring substituents is 1. The number of nitro groups is 1. The van der Waals surface area contributed by atoms with Gasteiger partial charge in [0.2, 0.25) is 5.91 Å². The summed E-state index contributed by atoms with van der Waals surface area (Å²) in [6.45, 7) is 3.50. The number of rotatable bonds is 7. The van der Waals surface area contributed by atoms with E-state index in [1.807, 2.05) is 0 Å². The third kappa shape index (κ3) is 5.61. The van der Waals surface area contributed by atoms with Crippen LogP contribution in [0.3, 0.4) is 0 Å². The number of carbonyl (C=O) groups excluding carboxylic acids is 3. The Bertz CT molecular complexity index is 940. The Labute approximate surface area is 167 Å². The number of ether oxygens (including phenoxy) is 1. The summed E-state index contributed by atoms with van der Waals surface area (Å²) >= 11 is 0. The zero-order valence-electron chi connectivity index (χ0n) is 16.2. The van der Waals surface area contributed by atoms with Gasteiger partial charge in [-0.05, 0) is 30.7 Å². The lowest BCUT2D eigenvalue weighted by atomic mass is 10.1. The van der Waals surface area contributed by atoms with Gasteiger partial charge in [0, 0.05) is 29.8 Å². The van der Waals surface area contributed by atoms with Crippen LogP contribution in [0.5, 0.6) is 0 Å². The van der Waals surface area contributed by atoms with E-state index in [0.29, 0.717) is 12.1 Å². The van der Waals surface area contributed by atoms with Crippen molar-refractivity contribution in [2.45, 2.75) is 26.3 Å². The molecule has 2 amide bonds. The second-order valence-electron chi connectivity index (χ2n) is 6.24. The normalized spacial score (nSPS) is 11.3. The molecule has 0 aliphatic carbocycles. The third-order valence-electron chi connectivity index (χ3n) is 4.18. The number of nitrogens with zero attached hydrogens (tertiary/aromatic N) is 1. The SMILES string of the molecule is CCC(=O)Nc1ccc(C(C)NC(=O)c2cc(C(=O)OC)cc([N+](=O)[O-])c2)cc1. The molecule has 2 rings (SSSR count). The van der Waals surface area contributed by atoms with Crippen molar-refractivity contribution in [1.82, 2.24) is 5.32 Å². The minimum Gasteiger partial charge on any atom is -0.465 e. The van der Waals surface area contributed by atoms with Crippen molar-refractivity contribution in [1.29, 1.82) is 0 Å². The lowest BCUT2D eigenvalue weighted by Gasteiger charge is -2.15. The topological polar surface area (TPSA) is 128 Å². The summed E-state index contributed by atoms with van der Waals surface area (Å²) in [6, 6.07) is 9.91. The summed E-state index contributed by atoms with van der Waals surface area (Å²) < 4.78 is 4.58. The van der Waals surface area contributed by atoms with Crippen LogP contribution in [0.1, 0.15) is 52.6 Å². The van der Waals surface area contributed by atoms with E-state index in [1.54, 1.807) is 38.1 Å². The van der Waals surface area contributed by atoms with E-state index >= 15 is 0 Å². The number of hydrogen-bond donors (Lipinski definition) is 2. The summed E-state index contributed by atoms with van der Waals surface area (Å²) in [6.07, 6.45) is 0.366. The lowest BCUT2D eigenvalue weighted by Crippen LogP contribution is -2.27. The maximum Gasteiger partial charge on any atom is 0.338 e. The molecule has 0 aromatic heterocycles. The van der Waals surface area contributed by atoms with Crippen LogP contribution < -0.4 is 10.6 Å². The molecule has 2 aromatic rings. The second-order valence-corrected chi connectivity index (χ2v) is 6.24. The van der Waals surface area contributed by atoms with Gasteiger partial charge in [0.15, 0.2) is 0 Å². The van der Waals surface area contributed by atoms with E-state index < -0.39 is 22.8 Å². The number of nitrogens with one attached hydrogen (secondary N) is 2. The highest BCUT2D eigenvalue weighted by Gasteiger charge is 2.19. The number of benzene rings is 2. The Morgan fingerprint density at radius 3 is 2.28 bits per heavy atom. The molecule has 152 valence electrons. The van der Waals surface area contributed by atoms with Crippen LogP contribution in [0.2, 0.25) is 0 Å². The van der Waals surface area contributed by atoms with Gasteiger partial charge in [0.1, 0.15) is 0 Å². The lowest BCUT2D eigenvalue weighted by molar-refractivity contribution is -0.384. The first-order valence-corrected chi connectivity index (χ1v) is 8.83. The van der Waals surface area contributed by atoms with Crippen molar-refractivity contribution in [3.8, 4) is 0 Å². The molecule has 0 heterocycles. The number of nitro benzene ring substituents is 1. The zero-order chi connectivity index (χ0) is 21.6. The standard InChI is InChI=1S/C20H21N3O6/c1-4-18(24)22-16-7-5-13(6-8-16)12(2)21-19(25)14-9-15(20(26)29-3)11-17(10-14)23(27)28/h5-12H,4H2,1-3H3,(H,21,25)(H,22,24). The molecule has 0 spiro atoms. The highest BCUT2D eigenvalue weighted by Crippen LogP contribution is 2.20. The van der Waals surface area contributed by atoms with Gasteiger partial charge in [-0.15, -0.1) is 0 Å². The fraction of sp³-hybridized carbons (Fsp3) is 0.250. The molecule has 0 bridgehead atoms. The Morgan fingerprint density at radius 2 is 1.72 bits per heavy atom. The van der Waals surface area contributed by atoms with Gasteiger partial charge < -0.3 is 15.4 Å². The zero-order valence-corrected chi connectivity index (χ0v) is 16.2. The van der Waals surface area contributed by atoms with E-state index in [9.17, 15) is 24.5 Å². The van der Waals surface area contributed by atoms with Crippen LogP contribution >= 0.6 is 0 Å². The minimum absolute atomic E-state index is 0.0294. The van der Waals surface area contributed by atoms with Gasteiger partial charge >= 0.3 is 5.97 Å². The quantitative estimate of drug-likeness (QED) is 0.418. The average Bonchev–Trinajstić information content (AvgIpc) is 2.72. The Morgan fingerprint density at radius 1 is 1.10 bits per heavy atom. The molecule has 2 aromatic carbocycles. The Hall–Kier alpha value is -3.75. The molecule has 29 heavy (non-hydrogen) atoms. The van der Waals surface area contributed by atoms with Gasteiger partial charge in [0.25, 0.3) is 11.6 Å². The minimum atomic E-state index is -0.777.